The average Bonchev–Trinajstić information content (AvgIpc) is 2.36. The van der Waals surface area contributed by atoms with Crippen LogP contribution < -0.4 is 10.1 Å². The van der Waals surface area contributed by atoms with Gasteiger partial charge < -0.3 is 10.1 Å². The number of carbonyl (C=O) groups excluding carboxylic acids is 1. The lowest BCUT2D eigenvalue weighted by molar-refractivity contribution is 0.0912. The second-order valence-corrected chi connectivity index (χ2v) is 5.82. The number of amides is 1. The smallest absolute Gasteiger partial charge is 0.251 e. The third-order valence-electron chi connectivity index (χ3n) is 3.00. The molecule has 3 nitrogen and oxygen atoms in total. The minimum absolute atomic E-state index is 0.139. The topological polar surface area (TPSA) is 38.3 Å². The first kappa shape index (κ1) is 15.8. The van der Waals surface area contributed by atoms with Crippen LogP contribution in [0.1, 0.15) is 44.5 Å². The van der Waals surface area contributed by atoms with Crippen LogP contribution in [0.4, 0.5) is 0 Å². The van der Waals surface area contributed by atoms with Crippen molar-refractivity contribution in [3.63, 3.8) is 0 Å². The standard InChI is InChI=1S/C15H22ClNO2/c1-5-9-19-13-8-6-7-12(10-13)14(18)17-15(3,4)11(2)16/h6-8,10-11H,5,9H2,1-4H3,(H,17,18). The van der Waals surface area contributed by atoms with E-state index in [9.17, 15) is 4.79 Å². The molecule has 0 saturated heterocycles. The lowest BCUT2D eigenvalue weighted by Crippen LogP contribution is -2.49. The van der Waals surface area contributed by atoms with Crippen LogP contribution in [-0.4, -0.2) is 23.4 Å². The quantitative estimate of drug-likeness (QED) is 0.810. The van der Waals surface area contributed by atoms with Gasteiger partial charge in [-0.1, -0.05) is 13.0 Å². The maximum Gasteiger partial charge on any atom is 0.251 e. The fraction of sp³-hybridized carbons (Fsp3) is 0.533. The van der Waals surface area contributed by atoms with Crippen molar-refractivity contribution in [1.29, 1.82) is 0 Å². The number of hydrogen-bond donors (Lipinski definition) is 1. The number of carbonyl (C=O) groups is 1. The molecule has 1 unspecified atom stereocenters. The molecule has 4 heteroatoms. The molecule has 0 heterocycles. The minimum atomic E-state index is -0.459. The van der Waals surface area contributed by atoms with Crippen LogP contribution in [0.25, 0.3) is 0 Å². The van der Waals surface area contributed by atoms with E-state index in [1.165, 1.54) is 0 Å². The van der Waals surface area contributed by atoms with E-state index in [1.54, 1.807) is 12.1 Å². The molecule has 1 aromatic carbocycles. The van der Waals surface area contributed by atoms with E-state index < -0.39 is 5.54 Å². The van der Waals surface area contributed by atoms with Crippen molar-refractivity contribution < 1.29 is 9.53 Å². The highest BCUT2D eigenvalue weighted by Gasteiger charge is 2.26. The zero-order chi connectivity index (χ0) is 14.5. The summed E-state index contributed by atoms with van der Waals surface area (Å²) < 4.78 is 5.52. The summed E-state index contributed by atoms with van der Waals surface area (Å²) >= 11 is 6.06. The molecule has 0 aliphatic rings. The lowest BCUT2D eigenvalue weighted by Gasteiger charge is -2.29. The predicted octanol–water partition coefficient (Wildman–Crippen LogP) is 3.61. The highest BCUT2D eigenvalue weighted by atomic mass is 35.5. The molecular formula is C15H22ClNO2. The first-order chi connectivity index (χ1) is 8.86. The van der Waals surface area contributed by atoms with Crippen molar-refractivity contribution in [2.45, 2.75) is 45.0 Å². The van der Waals surface area contributed by atoms with Gasteiger partial charge in [-0.2, -0.15) is 0 Å². The summed E-state index contributed by atoms with van der Waals surface area (Å²) in [5.41, 5.74) is 0.123. The van der Waals surface area contributed by atoms with E-state index in [4.69, 9.17) is 16.3 Å². The molecule has 0 saturated carbocycles. The number of rotatable bonds is 6. The molecule has 0 bridgehead atoms. The fourth-order valence-corrected chi connectivity index (χ4v) is 1.47. The van der Waals surface area contributed by atoms with Gasteiger partial charge in [-0.25, -0.2) is 0 Å². The van der Waals surface area contributed by atoms with Crippen LogP contribution in [0.2, 0.25) is 0 Å². The van der Waals surface area contributed by atoms with E-state index in [0.717, 1.165) is 6.42 Å². The Morgan fingerprint density at radius 2 is 2.16 bits per heavy atom. The first-order valence-electron chi connectivity index (χ1n) is 6.56. The third kappa shape index (κ3) is 4.75. The van der Waals surface area contributed by atoms with Crippen LogP contribution in [-0.2, 0) is 0 Å². The van der Waals surface area contributed by atoms with E-state index >= 15 is 0 Å². The first-order valence-corrected chi connectivity index (χ1v) is 7.00. The Kier molecular flexibility index (Phi) is 5.67. The summed E-state index contributed by atoms with van der Waals surface area (Å²) in [7, 11) is 0. The summed E-state index contributed by atoms with van der Waals surface area (Å²) in [6.45, 7) is 8.36. The van der Waals surface area contributed by atoms with Gasteiger partial charge >= 0.3 is 0 Å². The number of benzene rings is 1. The maximum atomic E-state index is 12.2. The van der Waals surface area contributed by atoms with Gasteiger partial charge in [0.2, 0.25) is 0 Å². The number of halogens is 1. The molecule has 0 aromatic heterocycles. The largest absolute Gasteiger partial charge is 0.494 e. The monoisotopic (exact) mass is 283 g/mol. The molecule has 0 spiro atoms. The van der Waals surface area contributed by atoms with Gasteiger partial charge in [0.05, 0.1) is 17.5 Å². The van der Waals surface area contributed by atoms with E-state index in [1.807, 2.05) is 39.8 Å². The zero-order valence-electron chi connectivity index (χ0n) is 12.0. The van der Waals surface area contributed by atoms with Gasteiger partial charge in [0.1, 0.15) is 5.75 Å². The molecule has 19 heavy (non-hydrogen) atoms. The molecule has 1 N–H and O–H groups in total. The third-order valence-corrected chi connectivity index (χ3v) is 3.54. The fourth-order valence-electron chi connectivity index (χ4n) is 1.41. The number of alkyl halides is 1. The van der Waals surface area contributed by atoms with Crippen molar-refractivity contribution in [3.8, 4) is 5.75 Å². The second-order valence-electron chi connectivity index (χ2n) is 5.17. The molecule has 0 fully saturated rings. The second kappa shape index (κ2) is 6.80. The summed E-state index contributed by atoms with van der Waals surface area (Å²) in [4.78, 5) is 12.2. The average molecular weight is 284 g/mol. The Balaban J connectivity index is 2.77. The summed E-state index contributed by atoms with van der Waals surface area (Å²) in [5, 5.41) is 2.77. The number of ether oxygens (including phenoxy) is 1. The van der Waals surface area contributed by atoms with Crippen LogP contribution in [0.5, 0.6) is 5.75 Å². The number of nitrogens with one attached hydrogen (secondary N) is 1. The SMILES string of the molecule is CCCOc1cccc(C(=O)NC(C)(C)C(C)Cl)c1. The predicted molar refractivity (Wildman–Crippen MR) is 79.1 cm³/mol. The summed E-state index contributed by atoms with van der Waals surface area (Å²) in [6, 6.07) is 7.18. The van der Waals surface area contributed by atoms with Crippen LogP contribution in [0.15, 0.2) is 24.3 Å². The van der Waals surface area contributed by atoms with Crippen LogP contribution in [0.3, 0.4) is 0 Å². The normalized spacial score (nSPS) is 12.9. The lowest BCUT2D eigenvalue weighted by atomic mass is 10.0. The number of hydrogen-bond acceptors (Lipinski definition) is 2. The maximum absolute atomic E-state index is 12.2. The van der Waals surface area contributed by atoms with E-state index in [-0.39, 0.29) is 11.3 Å². The molecule has 1 aromatic rings. The van der Waals surface area contributed by atoms with Crippen molar-refractivity contribution in [2.24, 2.45) is 0 Å². The van der Waals surface area contributed by atoms with Gasteiger partial charge in [-0.15, -0.1) is 11.6 Å². The Labute approximate surface area is 120 Å². The van der Waals surface area contributed by atoms with Gasteiger partial charge in [-0.05, 0) is 45.4 Å². The van der Waals surface area contributed by atoms with Gasteiger partial charge in [0.15, 0.2) is 0 Å². The van der Waals surface area contributed by atoms with Gasteiger partial charge in [0.25, 0.3) is 5.91 Å². The molecule has 0 aliphatic heterocycles. The van der Waals surface area contributed by atoms with Crippen LogP contribution in [0, 0.1) is 0 Å². The molecule has 0 radical (unpaired) electrons. The van der Waals surface area contributed by atoms with Crippen LogP contribution >= 0.6 is 11.6 Å². The Morgan fingerprint density at radius 3 is 2.74 bits per heavy atom. The Morgan fingerprint density at radius 1 is 1.47 bits per heavy atom. The van der Waals surface area contributed by atoms with Gasteiger partial charge in [0, 0.05) is 5.56 Å². The van der Waals surface area contributed by atoms with Crippen molar-refractivity contribution >= 4 is 17.5 Å². The Hall–Kier alpha value is -1.22. The molecule has 0 aliphatic carbocycles. The van der Waals surface area contributed by atoms with E-state index in [0.29, 0.717) is 17.9 Å². The molecular weight excluding hydrogens is 262 g/mol. The zero-order valence-corrected chi connectivity index (χ0v) is 12.8. The highest BCUT2D eigenvalue weighted by Crippen LogP contribution is 2.18. The van der Waals surface area contributed by atoms with Crippen molar-refractivity contribution in [3.05, 3.63) is 29.8 Å². The highest BCUT2D eigenvalue weighted by molar-refractivity contribution is 6.21. The molecule has 1 atom stereocenters. The van der Waals surface area contributed by atoms with Crippen molar-refractivity contribution in [2.75, 3.05) is 6.61 Å². The van der Waals surface area contributed by atoms with Crippen molar-refractivity contribution in [1.82, 2.24) is 5.32 Å². The molecule has 106 valence electrons. The summed E-state index contributed by atoms with van der Waals surface area (Å²) in [5.74, 6) is 0.575. The summed E-state index contributed by atoms with van der Waals surface area (Å²) in [6.07, 6.45) is 0.938. The molecule has 1 rings (SSSR count). The van der Waals surface area contributed by atoms with E-state index in [2.05, 4.69) is 5.32 Å². The van der Waals surface area contributed by atoms with Gasteiger partial charge in [-0.3, -0.25) is 4.79 Å². The Bertz CT molecular complexity index is 430. The molecule has 1 amide bonds. The minimum Gasteiger partial charge on any atom is -0.494 e.